The Bertz CT molecular complexity index is 640. The molecule has 0 unspecified atom stereocenters. The van der Waals surface area contributed by atoms with Crippen molar-refractivity contribution in [3.8, 4) is 17.2 Å². The molecule has 0 saturated heterocycles. The standard InChI is InChI=1S/C13H12O6/c1-7(14)18-9-4-10(16-3)13-11(5-9)17-6-12(13)19-8(2)15/h4-6H,1-3H3. The molecule has 2 aromatic rings. The zero-order valence-electron chi connectivity index (χ0n) is 10.7. The smallest absolute Gasteiger partial charge is 0.308 e. The van der Waals surface area contributed by atoms with Gasteiger partial charge < -0.3 is 18.6 Å². The number of carbonyl (C=O) groups is 2. The van der Waals surface area contributed by atoms with E-state index in [1.165, 1.54) is 39.4 Å². The topological polar surface area (TPSA) is 75.0 Å². The van der Waals surface area contributed by atoms with Crippen LogP contribution >= 0.6 is 0 Å². The van der Waals surface area contributed by atoms with E-state index < -0.39 is 11.9 Å². The van der Waals surface area contributed by atoms with Crippen LogP contribution in [0, 0.1) is 0 Å². The summed E-state index contributed by atoms with van der Waals surface area (Å²) in [6.45, 7) is 2.58. The van der Waals surface area contributed by atoms with E-state index in [9.17, 15) is 9.59 Å². The Kier molecular flexibility index (Phi) is 3.41. The van der Waals surface area contributed by atoms with Gasteiger partial charge in [0.05, 0.1) is 7.11 Å². The van der Waals surface area contributed by atoms with Crippen LogP contribution in [0.5, 0.6) is 17.2 Å². The minimum atomic E-state index is -0.464. The van der Waals surface area contributed by atoms with Gasteiger partial charge in [-0.1, -0.05) is 0 Å². The van der Waals surface area contributed by atoms with Gasteiger partial charge in [-0.15, -0.1) is 0 Å². The summed E-state index contributed by atoms with van der Waals surface area (Å²) in [5.74, 6) is 0.0232. The second-order valence-corrected chi connectivity index (χ2v) is 3.79. The van der Waals surface area contributed by atoms with Crippen molar-refractivity contribution < 1.29 is 28.2 Å². The molecule has 0 atom stereocenters. The van der Waals surface area contributed by atoms with Crippen molar-refractivity contribution in [3.05, 3.63) is 18.4 Å². The van der Waals surface area contributed by atoms with Crippen molar-refractivity contribution in [2.75, 3.05) is 7.11 Å². The molecule has 0 aliphatic carbocycles. The lowest BCUT2D eigenvalue weighted by Crippen LogP contribution is -2.02. The van der Waals surface area contributed by atoms with Crippen LogP contribution in [0.15, 0.2) is 22.8 Å². The fraction of sp³-hybridized carbons (Fsp3) is 0.231. The van der Waals surface area contributed by atoms with Crippen molar-refractivity contribution in [1.82, 2.24) is 0 Å². The first kappa shape index (κ1) is 12.9. The highest BCUT2D eigenvalue weighted by molar-refractivity contribution is 5.93. The Balaban J connectivity index is 2.54. The predicted molar refractivity (Wildman–Crippen MR) is 65.4 cm³/mol. The second kappa shape index (κ2) is 5.01. The van der Waals surface area contributed by atoms with E-state index >= 15 is 0 Å². The molecule has 0 radical (unpaired) electrons. The van der Waals surface area contributed by atoms with Crippen molar-refractivity contribution in [3.63, 3.8) is 0 Å². The summed E-state index contributed by atoms with van der Waals surface area (Å²) in [4.78, 5) is 21.9. The molecule has 0 saturated carbocycles. The maximum atomic E-state index is 11.0. The summed E-state index contributed by atoms with van der Waals surface area (Å²) in [5.41, 5.74) is 0.395. The van der Waals surface area contributed by atoms with Gasteiger partial charge in [0.15, 0.2) is 5.75 Å². The Hall–Kier alpha value is -2.50. The molecule has 6 heteroatoms. The molecule has 1 aromatic carbocycles. The van der Waals surface area contributed by atoms with Crippen LogP contribution in [0.4, 0.5) is 0 Å². The average Bonchev–Trinajstić information content (AvgIpc) is 2.70. The van der Waals surface area contributed by atoms with Crippen molar-refractivity contribution >= 4 is 22.9 Å². The molecule has 1 heterocycles. The monoisotopic (exact) mass is 264 g/mol. The summed E-state index contributed by atoms with van der Waals surface area (Å²) in [6, 6.07) is 3.04. The summed E-state index contributed by atoms with van der Waals surface area (Å²) < 4.78 is 20.4. The van der Waals surface area contributed by atoms with Gasteiger partial charge in [-0.05, 0) is 0 Å². The van der Waals surface area contributed by atoms with Crippen LogP contribution < -0.4 is 14.2 Å². The summed E-state index contributed by atoms with van der Waals surface area (Å²) in [6.07, 6.45) is 1.30. The summed E-state index contributed by atoms with van der Waals surface area (Å²) in [5, 5.41) is 0.508. The molecule has 0 amide bonds. The van der Waals surface area contributed by atoms with Crippen LogP contribution in [0.1, 0.15) is 13.8 Å². The third kappa shape index (κ3) is 2.67. The van der Waals surface area contributed by atoms with Crippen LogP contribution in [-0.2, 0) is 9.59 Å². The molecule has 0 aliphatic heterocycles. The Morgan fingerprint density at radius 1 is 1.05 bits per heavy atom. The number of methoxy groups -OCH3 is 1. The van der Waals surface area contributed by atoms with E-state index in [-0.39, 0.29) is 5.75 Å². The predicted octanol–water partition coefficient (Wildman–Crippen LogP) is 2.29. The van der Waals surface area contributed by atoms with E-state index in [0.29, 0.717) is 22.5 Å². The molecule has 1 aromatic heterocycles. The molecule has 2 rings (SSSR count). The van der Waals surface area contributed by atoms with Gasteiger partial charge >= 0.3 is 11.9 Å². The summed E-state index contributed by atoms with van der Waals surface area (Å²) in [7, 11) is 1.46. The van der Waals surface area contributed by atoms with Gasteiger partial charge in [-0.25, -0.2) is 0 Å². The third-order valence-electron chi connectivity index (χ3n) is 2.31. The molecule has 19 heavy (non-hydrogen) atoms. The highest BCUT2D eigenvalue weighted by Crippen LogP contribution is 2.39. The Morgan fingerprint density at radius 3 is 2.32 bits per heavy atom. The van der Waals surface area contributed by atoms with Crippen LogP contribution in [0.3, 0.4) is 0 Å². The fourth-order valence-electron chi connectivity index (χ4n) is 1.69. The van der Waals surface area contributed by atoms with E-state index in [1.54, 1.807) is 0 Å². The zero-order chi connectivity index (χ0) is 14.0. The van der Waals surface area contributed by atoms with Crippen molar-refractivity contribution in [1.29, 1.82) is 0 Å². The maximum Gasteiger partial charge on any atom is 0.308 e. The number of carbonyl (C=O) groups excluding carboxylic acids is 2. The van der Waals surface area contributed by atoms with Gasteiger partial charge in [0.1, 0.15) is 28.7 Å². The Morgan fingerprint density at radius 2 is 1.74 bits per heavy atom. The van der Waals surface area contributed by atoms with Gasteiger partial charge in [0.25, 0.3) is 0 Å². The lowest BCUT2D eigenvalue weighted by Gasteiger charge is -2.06. The van der Waals surface area contributed by atoms with Crippen LogP contribution in [0.2, 0.25) is 0 Å². The first-order chi connectivity index (χ1) is 9.01. The number of furan rings is 1. The second-order valence-electron chi connectivity index (χ2n) is 3.79. The van der Waals surface area contributed by atoms with E-state index in [1.807, 2.05) is 0 Å². The number of benzene rings is 1. The number of esters is 2. The molecule has 0 N–H and O–H groups in total. The van der Waals surface area contributed by atoms with Gasteiger partial charge in [-0.2, -0.15) is 0 Å². The van der Waals surface area contributed by atoms with Crippen LogP contribution in [-0.4, -0.2) is 19.0 Å². The fourth-order valence-corrected chi connectivity index (χ4v) is 1.69. The zero-order valence-corrected chi connectivity index (χ0v) is 10.7. The molecule has 0 spiro atoms. The first-order valence-electron chi connectivity index (χ1n) is 5.47. The number of hydrogen-bond donors (Lipinski definition) is 0. The van der Waals surface area contributed by atoms with Gasteiger partial charge in [0, 0.05) is 26.0 Å². The molecule has 100 valence electrons. The Labute approximate surface area is 108 Å². The minimum Gasteiger partial charge on any atom is -0.496 e. The first-order valence-corrected chi connectivity index (χ1v) is 5.47. The molecule has 0 bridgehead atoms. The number of rotatable bonds is 3. The van der Waals surface area contributed by atoms with Gasteiger partial charge in [-0.3, -0.25) is 9.59 Å². The lowest BCUT2D eigenvalue weighted by molar-refractivity contribution is -0.132. The van der Waals surface area contributed by atoms with E-state index in [0.717, 1.165) is 0 Å². The summed E-state index contributed by atoms with van der Waals surface area (Å²) >= 11 is 0. The molecule has 0 aliphatic rings. The van der Waals surface area contributed by atoms with Crippen LogP contribution in [0.25, 0.3) is 11.0 Å². The molecule has 0 fully saturated rings. The van der Waals surface area contributed by atoms with E-state index in [4.69, 9.17) is 18.6 Å². The number of fused-ring (bicyclic) bond motifs is 1. The van der Waals surface area contributed by atoms with Gasteiger partial charge in [0.2, 0.25) is 0 Å². The quantitative estimate of drug-likeness (QED) is 0.625. The lowest BCUT2D eigenvalue weighted by atomic mass is 10.2. The van der Waals surface area contributed by atoms with Crippen molar-refractivity contribution in [2.45, 2.75) is 13.8 Å². The minimum absolute atomic E-state index is 0.258. The highest BCUT2D eigenvalue weighted by atomic mass is 16.5. The number of hydrogen-bond acceptors (Lipinski definition) is 6. The molecular weight excluding hydrogens is 252 g/mol. The highest BCUT2D eigenvalue weighted by Gasteiger charge is 2.16. The van der Waals surface area contributed by atoms with Crippen molar-refractivity contribution in [2.24, 2.45) is 0 Å². The normalized spacial score (nSPS) is 10.3. The molecular formula is C13H12O6. The maximum absolute atomic E-state index is 11.0. The number of ether oxygens (including phenoxy) is 3. The van der Waals surface area contributed by atoms with E-state index in [2.05, 4.69) is 0 Å². The SMILES string of the molecule is COc1cc(OC(C)=O)cc2occ(OC(C)=O)c12. The largest absolute Gasteiger partial charge is 0.496 e. The molecule has 6 nitrogen and oxygen atoms in total. The third-order valence-corrected chi connectivity index (χ3v) is 2.31. The average molecular weight is 264 g/mol.